The number of aliphatic carboxylic acids is 1. The van der Waals surface area contributed by atoms with Crippen LogP contribution in [-0.2, 0) is 4.79 Å². The highest BCUT2D eigenvalue weighted by atomic mass is 16.4. The van der Waals surface area contributed by atoms with Crippen LogP contribution in [0.5, 0.6) is 0 Å². The van der Waals surface area contributed by atoms with Crippen molar-refractivity contribution in [1.82, 2.24) is 16.2 Å². The third-order valence-electron chi connectivity index (χ3n) is 3.54. The number of nitrogens with zero attached hydrogens (tertiary/aromatic N) is 1. The Hall–Kier alpha value is -4.08. The second-order valence-electron chi connectivity index (χ2n) is 5.70. The number of hydrogen-bond donors (Lipinski definition) is 6. The van der Waals surface area contributed by atoms with E-state index in [0.29, 0.717) is 11.3 Å². The molecule has 10 heteroatoms. The summed E-state index contributed by atoms with van der Waals surface area (Å²) in [4.78, 5) is 39.1. The molecule has 0 saturated carbocycles. The van der Waals surface area contributed by atoms with Crippen LogP contribution in [0.1, 0.15) is 28.4 Å². The molecule has 0 aliphatic carbocycles. The van der Waals surface area contributed by atoms with E-state index in [1.54, 1.807) is 42.5 Å². The number of guanidine groups is 1. The quantitative estimate of drug-likeness (QED) is 0.244. The molecule has 0 heterocycles. The Morgan fingerprint density at radius 2 is 1.71 bits per heavy atom. The highest BCUT2D eigenvalue weighted by Crippen LogP contribution is 2.16. The number of nitrogens with one attached hydrogen (secondary N) is 3. The van der Waals surface area contributed by atoms with E-state index < -0.39 is 23.9 Å². The lowest BCUT2D eigenvalue weighted by Gasteiger charge is -2.18. The van der Waals surface area contributed by atoms with Gasteiger partial charge < -0.3 is 21.9 Å². The van der Waals surface area contributed by atoms with E-state index in [-0.39, 0.29) is 17.9 Å². The van der Waals surface area contributed by atoms with Crippen molar-refractivity contribution >= 4 is 29.6 Å². The number of carbonyl (C=O) groups excluding carboxylic acids is 2. The lowest BCUT2D eigenvalue weighted by molar-refractivity contribution is -0.137. The summed E-state index contributed by atoms with van der Waals surface area (Å²) in [6.07, 6.45) is -0.314. The number of benzene rings is 2. The maximum absolute atomic E-state index is 12.2. The summed E-state index contributed by atoms with van der Waals surface area (Å²) in [5, 5.41) is 11.6. The van der Waals surface area contributed by atoms with E-state index >= 15 is 0 Å². The van der Waals surface area contributed by atoms with Gasteiger partial charge in [-0.3, -0.25) is 15.0 Å². The van der Waals surface area contributed by atoms with Crippen molar-refractivity contribution < 1.29 is 19.5 Å². The van der Waals surface area contributed by atoms with Gasteiger partial charge in [0.25, 0.3) is 5.91 Å². The second-order valence-corrected chi connectivity index (χ2v) is 5.70. The van der Waals surface area contributed by atoms with Crippen LogP contribution in [0.25, 0.3) is 0 Å². The van der Waals surface area contributed by atoms with Crippen LogP contribution in [0, 0.1) is 0 Å². The molecular weight excluding hydrogens is 364 g/mol. The first-order valence-electron chi connectivity index (χ1n) is 8.18. The Kier molecular flexibility index (Phi) is 6.92. The van der Waals surface area contributed by atoms with E-state index in [2.05, 4.69) is 21.2 Å². The summed E-state index contributed by atoms with van der Waals surface area (Å²) in [7, 11) is 0. The van der Waals surface area contributed by atoms with Gasteiger partial charge in [0, 0.05) is 5.56 Å². The molecule has 1 atom stereocenters. The minimum Gasteiger partial charge on any atom is -0.481 e. The van der Waals surface area contributed by atoms with E-state index in [1.807, 2.05) is 0 Å². The Bertz CT molecular complexity index is 881. The number of carbonyl (C=O) groups is 3. The zero-order valence-corrected chi connectivity index (χ0v) is 14.8. The zero-order valence-electron chi connectivity index (χ0n) is 14.8. The molecule has 0 unspecified atom stereocenters. The Balaban J connectivity index is 1.97. The first kappa shape index (κ1) is 20.2. The molecule has 2 rings (SSSR count). The average molecular weight is 384 g/mol. The smallest absolute Gasteiger partial charge is 0.333 e. The Morgan fingerprint density at radius 1 is 1.00 bits per heavy atom. The first-order valence-corrected chi connectivity index (χ1v) is 8.18. The molecule has 2 aromatic rings. The van der Waals surface area contributed by atoms with Crippen LogP contribution >= 0.6 is 0 Å². The molecule has 8 N–H and O–H groups in total. The van der Waals surface area contributed by atoms with Gasteiger partial charge in [0.2, 0.25) is 0 Å². The van der Waals surface area contributed by atoms with Gasteiger partial charge in [-0.2, -0.15) is 0 Å². The normalized spacial score (nSPS) is 11.0. The molecule has 0 aliphatic heterocycles. The van der Waals surface area contributed by atoms with Crippen LogP contribution in [-0.4, -0.2) is 29.0 Å². The Morgan fingerprint density at radius 3 is 2.36 bits per heavy atom. The third-order valence-corrected chi connectivity index (χ3v) is 3.54. The number of rotatable bonds is 6. The minimum absolute atomic E-state index is 0.152. The number of nitrogens with two attached hydrogens (primary N) is 2. The third kappa shape index (κ3) is 6.33. The van der Waals surface area contributed by atoms with Gasteiger partial charge in [0.05, 0.1) is 18.2 Å². The second kappa shape index (κ2) is 9.57. The monoisotopic (exact) mass is 384 g/mol. The molecule has 146 valence electrons. The van der Waals surface area contributed by atoms with Crippen molar-refractivity contribution in [2.45, 2.75) is 12.5 Å². The molecule has 3 amide bonds. The summed E-state index contributed by atoms with van der Waals surface area (Å²) < 4.78 is 0. The van der Waals surface area contributed by atoms with Gasteiger partial charge >= 0.3 is 12.0 Å². The van der Waals surface area contributed by atoms with Crippen LogP contribution in [0.3, 0.4) is 0 Å². The van der Waals surface area contributed by atoms with Crippen molar-refractivity contribution in [3.63, 3.8) is 0 Å². The minimum atomic E-state index is -1.07. The van der Waals surface area contributed by atoms with Gasteiger partial charge in [-0.15, -0.1) is 0 Å². The van der Waals surface area contributed by atoms with E-state index in [0.717, 1.165) is 0 Å². The average Bonchev–Trinajstić information content (AvgIpc) is 2.65. The number of hydrogen-bond acceptors (Lipinski definition) is 4. The number of urea groups is 1. The van der Waals surface area contributed by atoms with Crippen LogP contribution < -0.4 is 27.6 Å². The molecule has 28 heavy (non-hydrogen) atoms. The molecule has 0 fully saturated rings. The summed E-state index contributed by atoms with van der Waals surface area (Å²) in [5.41, 5.74) is 16.2. The van der Waals surface area contributed by atoms with Crippen LogP contribution in [0.15, 0.2) is 59.6 Å². The largest absolute Gasteiger partial charge is 0.481 e. The highest BCUT2D eigenvalue weighted by molar-refractivity contribution is 5.96. The van der Waals surface area contributed by atoms with Gasteiger partial charge in [-0.25, -0.2) is 15.2 Å². The summed E-state index contributed by atoms with van der Waals surface area (Å²) >= 11 is 0. The number of carboxylic acid groups (broad SMARTS) is 1. The van der Waals surface area contributed by atoms with E-state index in [9.17, 15) is 14.4 Å². The first-order chi connectivity index (χ1) is 13.3. The number of carboxylic acids is 1. The van der Waals surface area contributed by atoms with Gasteiger partial charge in [0.15, 0.2) is 5.96 Å². The SMILES string of the molecule is NC(N)=Nc1cccc(C(=O)NNC(=O)N[C@@H](CC(=O)O)c2ccccc2)c1. The molecule has 0 saturated heterocycles. The molecule has 0 radical (unpaired) electrons. The number of aliphatic imine (C=N–C) groups is 1. The van der Waals surface area contributed by atoms with Crippen LogP contribution in [0.4, 0.5) is 10.5 Å². The summed E-state index contributed by atoms with van der Waals surface area (Å²) in [6, 6.07) is 13.2. The summed E-state index contributed by atoms with van der Waals surface area (Å²) in [6.45, 7) is 0. The molecule has 0 spiro atoms. The maximum Gasteiger partial charge on any atom is 0.333 e. The van der Waals surface area contributed by atoms with Crippen molar-refractivity contribution in [2.75, 3.05) is 0 Å². The van der Waals surface area contributed by atoms with Gasteiger partial charge in [-0.05, 0) is 23.8 Å². The number of hydrazine groups is 1. The lowest BCUT2D eigenvalue weighted by atomic mass is 10.0. The van der Waals surface area contributed by atoms with Crippen molar-refractivity contribution in [3.8, 4) is 0 Å². The molecule has 0 bridgehead atoms. The number of amides is 3. The van der Waals surface area contributed by atoms with Gasteiger partial charge in [-0.1, -0.05) is 36.4 Å². The molecule has 10 nitrogen and oxygen atoms in total. The predicted molar refractivity (Wildman–Crippen MR) is 102 cm³/mol. The van der Waals surface area contributed by atoms with Gasteiger partial charge in [0.1, 0.15) is 0 Å². The predicted octanol–water partition coefficient (Wildman–Crippen LogP) is 0.752. The molecule has 2 aromatic carbocycles. The van der Waals surface area contributed by atoms with Crippen molar-refractivity contribution in [2.24, 2.45) is 16.5 Å². The topological polar surface area (TPSA) is 172 Å². The highest BCUT2D eigenvalue weighted by Gasteiger charge is 2.18. The zero-order chi connectivity index (χ0) is 20.5. The maximum atomic E-state index is 12.2. The van der Waals surface area contributed by atoms with E-state index in [4.69, 9.17) is 16.6 Å². The molecule has 0 aromatic heterocycles. The standard InChI is InChI=1S/C18H20N6O4/c19-17(20)21-13-8-4-7-12(9-13)16(27)23-24-18(28)22-14(10-15(25)26)11-5-2-1-3-6-11/h1-9,14H,10H2,(H,23,27)(H,25,26)(H4,19,20,21)(H2,22,24,28)/t14-/m0/s1. The molecular formula is C18H20N6O4. The lowest BCUT2D eigenvalue weighted by Crippen LogP contribution is -2.48. The van der Waals surface area contributed by atoms with Crippen LogP contribution in [0.2, 0.25) is 0 Å². The van der Waals surface area contributed by atoms with Crippen molar-refractivity contribution in [3.05, 3.63) is 65.7 Å². The summed E-state index contributed by atoms with van der Waals surface area (Å²) in [5.74, 6) is -1.83. The molecule has 0 aliphatic rings. The Labute approximate surface area is 160 Å². The van der Waals surface area contributed by atoms with E-state index in [1.165, 1.54) is 12.1 Å². The van der Waals surface area contributed by atoms with Crippen molar-refractivity contribution in [1.29, 1.82) is 0 Å². The fourth-order valence-corrected chi connectivity index (χ4v) is 2.36. The fraction of sp³-hybridized carbons (Fsp3) is 0.111. The fourth-order valence-electron chi connectivity index (χ4n) is 2.36.